The van der Waals surface area contributed by atoms with E-state index in [1.165, 1.54) is 32.1 Å². The monoisotopic (exact) mass is 762 g/mol. The Labute approximate surface area is 325 Å². The number of phosphoric acid groups is 1. The highest BCUT2D eigenvalue weighted by Gasteiger charge is 2.28. The normalized spacial score (nSPS) is 15.4. The first-order valence-corrected chi connectivity index (χ1v) is 21.9. The number of carbonyl (C=O) groups is 1. The molecule has 0 aromatic rings. The van der Waals surface area contributed by atoms with Crippen LogP contribution in [0, 0.1) is 0 Å². The van der Waals surface area contributed by atoms with Crippen LogP contribution in [0.2, 0.25) is 0 Å². The molecule has 0 radical (unpaired) electrons. The van der Waals surface area contributed by atoms with Crippen molar-refractivity contribution >= 4 is 13.7 Å². The Balaban J connectivity index is 4.44. The van der Waals surface area contributed by atoms with E-state index in [2.05, 4.69) is 104 Å². The molecule has 0 bridgehead atoms. The minimum absolute atomic E-state index is 0.0583. The fourth-order valence-corrected chi connectivity index (χ4v) is 5.89. The summed E-state index contributed by atoms with van der Waals surface area (Å²) < 4.78 is 23.4. The third-order valence-electron chi connectivity index (χ3n) is 8.41. The summed E-state index contributed by atoms with van der Waals surface area (Å²) in [5, 5.41) is 13.8. The summed E-state index contributed by atoms with van der Waals surface area (Å²) >= 11 is 0. The van der Waals surface area contributed by atoms with Crippen LogP contribution < -0.4 is 5.32 Å². The van der Waals surface area contributed by atoms with E-state index >= 15 is 0 Å². The van der Waals surface area contributed by atoms with E-state index in [9.17, 15) is 19.4 Å². The highest BCUT2D eigenvalue weighted by Crippen LogP contribution is 2.43. The maximum atomic E-state index is 12.8. The van der Waals surface area contributed by atoms with Gasteiger partial charge in [-0.2, -0.15) is 0 Å². The number of carbonyl (C=O) groups excluding carboxylic acids is 1. The number of hydrogen-bond donors (Lipinski definition) is 3. The average Bonchev–Trinajstić information content (AvgIpc) is 3.10. The number of allylic oxidation sites excluding steroid dienone is 14. The summed E-state index contributed by atoms with van der Waals surface area (Å²) in [6.07, 6.45) is 47.7. The third kappa shape index (κ3) is 37.8. The molecule has 3 unspecified atom stereocenters. The highest BCUT2D eigenvalue weighted by atomic mass is 31.2. The van der Waals surface area contributed by atoms with E-state index < -0.39 is 20.0 Å². The number of phosphoric ester groups is 1. The Bertz CT molecular complexity index is 1140. The molecule has 53 heavy (non-hydrogen) atoms. The number of amides is 1. The van der Waals surface area contributed by atoms with Crippen LogP contribution in [0.25, 0.3) is 0 Å². The molecule has 8 nitrogen and oxygen atoms in total. The molecule has 0 aromatic heterocycles. The Morgan fingerprint density at radius 3 is 1.58 bits per heavy atom. The van der Waals surface area contributed by atoms with E-state index in [0.29, 0.717) is 30.3 Å². The lowest BCUT2D eigenvalue weighted by molar-refractivity contribution is -0.870. The van der Waals surface area contributed by atoms with Gasteiger partial charge in [0.1, 0.15) is 13.2 Å². The topological polar surface area (TPSA) is 105 Å². The van der Waals surface area contributed by atoms with Crippen molar-refractivity contribution in [3.05, 3.63) is 85.1 Å². The molecule has 304 valence electrons. The number of nitrogens with one attached hydrogen (secondary N) is 1. The molecule has 1 amide bonds. The maximum absolute atomic E-state index is 12.8. The number of hydrogen-bond acceptors (Lipinski definition) is 5. The van der Waals surface area contributed by atoms with Gasteiger partial charge in [0.2, 0.25) is 5.91 Å². The lowest BCUT2D eigenvalue weighted by atomic mass is 10.0. The van der Waals surface area contributed by atoms with Gasteiger partial charge in [-0.05, 0) is 64.2 Å². The first-order chi connectivity index (χ1) is 25.5. The van der Waals surface area contributed by atoms with E-state index in [-0.39, 0.29) is 19.1 Å². The number of quaternary nitrogens is 1. The van der Waals surface area contributed by atoms with Crippen LogP contribution in [-0.4, -0.2) is 73.4 Å². The first-order valence-electron chi connectivity index (χ1n) is 20.5. The zero-order chi connectivity index (χ0) is 39.3. The van der Waals surface area contributed by atoms with Crippen LogP contribution >= 0.6 is 7.82 Å². The molecule has 3 atom stereocenters. The predicted molar refractivity (Wildman–Crippen MR) is 226 cm³/mol. The summed E-state index contributed by atoms with van der Waals surface area (Å²) in [6.45, 7) is 4.65. The average molecular weight is 762 g/mol. The molecule has 0 aliphatic rings. The molecule has 0 spiro atoms. The second-order valence-electron chi connectivity index (χ2n) is 14.6. The standard InChI is InChI=1S/C44H77N2O6P/c1-6-8-10-12-14-16-17-18-19-20-21-22-23-24-25-26-27-28-29-30-32-34-36-38-44(48)45-42(41-52-53(49,50)51-40-39-46(3,4)5)43(47)37-35-33-31-15-13-11-9-7-2/h8,10,14,16,18-19,21-22,24-25,27-28,30,32,42-43,47H,6-7,9,11-13,15,17,20,23,26,29,31,33-41H2,1-5H3,(H-,45,48,49,50)/p+1/b10-8-,16-14-,19-18-,22-21-,25-24-,28-27-,32-30-. The molecule has 0 fully saturated rings. The fourth-order valence-electron chi connectivity index (χ4n) is 5.15. The molecule has 3 N–H and O–H groups in total. The van der Waals surface area contributed by atoms with Crippen LogP contribution in [0.4, 0.5) is 0 Å². The molecule has 0 rings (SSSR count). The van der Waals surface area contributed by atoms with Crippen LogP contribution in [0.1, 0.15) is 136 Å². The van der Waals surface area contributed by atoms with Crippen molar-refractivity contribution in [2.24, 2.45) is 0 Å². The largest absolute Gasteiger partial charge is 0.472 e. The van der Waals surface area contributed by atoms with Crippen molar-refractivity contribution in [2.45, 2.75) is 148 Å². The maximum Gasteiger partial charge on any atom is 0.472 e. The molecule has 0 heterocycles. The number of nitrogens with zero attached hydrogens (tertiary/aromatic N) is 1. The first kappa shape index (κ1) is 50.7. The summed E-state index contributed by atoms with van der Waals surface area (Å²) in [6, 6.07) is -0.793. The molecule has 0 saturated heterocycles. The highest BCUT2D eigenvalue weighted by molar-refractivity contribution is 7.47. The summed E-state index contributed by atoms with van der Waals surface area (Å²) in [4.78, 5) is 23.0. The smallest absolute Gasteiger partial charge is 0.391 e. The van der Waals surface area contributed by atoms with Gasteiger partial charge < -0.3 is 19.8 Å². The number of aliphatic hydroxyl groups excluding tert-OH is 1. The molecule has 0 aromatic carbocycles. The summed E-state index contributed by atoms with van der Waals surface area (Å²) in [5.41, 5.74) is 0. The molecule has 0 aliphatic carbocycles. The summed E-state index contributed by atoms with van der Waals surface area (Å²) in [5.74, 6) is -0.211. The SMILES string of the molecule is CC/C=C\C/C=C\C/C=C\C/C=C\C/C=C\C/C=C\C/C=C\CCCC(=O)NC(COP(=O)(O)OCC[N+](C)(C)C)C(O)CCCCCCCCCC. The third-order valence-corrected chi connectivity index (χ3v) is 9.39. The number of unbranched alkanes of at least 4 members (excludes halogenated alkanes) is 8. The quantitative estimate of drug-likeness (QED) is 0.0257. The summed E-state index contributed by atoms with van der Waals surface area (Å²) in [7, 11) is 1.56. The second-order valence-corrected chi connectivity index (χ2v) is 16.1. The molecular formula is C44H78N2O6P+. The van der Waals surface area contributed by atoms with Crippen molar-refractivity contribution in [1.29, 1.82) is 0 Å². The van der Waals surface area contributed by atoms with Crippen LogP contribution in [0.5, 0.6) is 0 Å². The zero-order valence-corrected chi connectivity index (χ0v) is 35.1. The zero-order valence-electron chi connectivity index (χ0n) is 34.2. The van der Waals surface area contributed by atoms with Crippen molar-refractivity contribution in [3.8, 4) is 0 Å². The van der Waals surface area contributed by atoms with Gasteiger partial charge in [-0.1, -0.05) is 150 Å². The minimum Gasteiger partial charge on any atom is -0.391 e. The number of rotatable bonds is 35. The van der Waals surface area contributed by atoms with E-state index in [4.69, 9.17) is 9.05 Å². The van der Waals surface area contributed by atoms with Gasteiger partial charge in [-0.15, -0.1) is 0 Å². The van der Waals surface area contributed by atoms with Gasteiger partial charge in [0.15, 0.2) is 0 Å². The number of likely N-dealkylation sites (N-methyl/N-ethyl adjacent to an activating group) is 1. The second kappa shape index (κ2) is 35.4. The fraction of sp³-hybridized carbons (Fsp3) is 0.659. The van der Waals surface area contributed by atoms with Gasteiger partial charge in [0.25, 0.3) is 0 Å². The van der Waals surface area contributed by atoms with Crippen molar-refractivity contribution < 1.29 is 32.9 Å². The van der Waals surface area contributed by atoms with Crippen molar-refractivity contribution in [1.82, 2.24) is 5.32 Å². The Morgan fingerprint density at radius 2 is 1.11 bits per heavy atom. The van der Waals surface area contributed by atoms with Gasteiger partial charge in [0.05, 0.1) is 39.9 Å². The lowest BCUT2D eigenvalue weighted by Crippen LogP contribution is -2.46. The van der Waals surface area contributed by atoms with Gasteiger partial charge >= 0.3 is 7.82 Å². The van der Waals surface area contributed by atoms with Crippen LogP contribution in [0.3, 0.4) is 0 Å². The predicted octanol–water partition coefficient (Wildman–Crippen LogP) is 11.0. The van der Waals surface area contributed by atoms with Gasteiger partial charge in [-0.25, -0.2) is 4.57 Å². The molecule has 0 saturated carbocycles. The van der Waals surface area contributed by atoms with E-state index in [1.807, 2.05) is 21.1 Å². The molecule has 9 heteroatoms. The van der Waals surface area contributed by atoms with Crippen LogP contribution in [0.15, 0.2) is 85.1 Å². The number of aliphatic hydroxyl groups is 1. The van der Waals surface area contributed by atoms with Gasteiger partial charge in [0, 0.05) is 6.42 Å². The van der Waals surface area contributed by atoms with Crippen LogP contribution in [-0.2, 0) is 18.4 Å². The molecular weight excluding hydrogens is 683 g/mol. The Hall–Kier alpha value is -2.32. The molecule has 0 aliphatic heterocycles. The van der Waals surface area contributed by atoms with E-state index in [0.717, 1.165) is 70.6 Å². The lowest BCUT2D eigenvalue weighted by Gasteiger charge is -2.26. The minimum atomic E-state index is -4.32. The van der Waals surface area contributed by atoms with E-state index in [1.54, 1.807) is 0 Å². The van der Waals surface area contributed by atoms with Crippen molar-refractivity contribution in [3.63, 3.8) is 0 Å². The Kier molecular flexibility index (Phi) is 33.8. The van der Waals surface area contributed by atoms with Crippen molar-refractivity contribution in [2.75, 3.05) is 40.9 Å². The Morgan fingerprint density at radius 1 is 0.660 bits per heavy atom. The van der Waals surface area contributed by atoms with Gasteiger partial charge in [-0.3, -0.25) is 13.8 Å².